The van der Waals surface area contributed by atoms with E-state index in [0.29, 0.717) is 24.6 Å². The molecule has 170 valence electrons. The van der Waals surface area contributed by atoms with E-state index in [0.717, 1.165) is 25.3 Å². The topological polar surface area (TPSA) is 127 Å². The normalized spacial score (nSPS) is 15.6. The first kappa shape index (κ1) is 22.3. The highest BCUT2D eigenvalue weighted by atomic mass is 32.2. The number of aromatic nitrogens is 4. The molecule has 4 rings (SSSR count). The number of sulfonamides is 2. The van der Waals surface area contributed by atoms with Gasteiger partial charge >= 0.3 is 0 Å². The number of hydrogen-bond donors (Lipinski definition) is 1. The molecule has 0 aliphatic carbocycles. The summed E-state index contributed by atoms with van der Waals surface area (Å²) in [6, 6.07) is 8.65. The van der Waals surface area contributed by atoms with Crippen molar-refractivity contribution in [3.05, 3.63) is 54.1 Å². The lowest BCUT2D eigenvalue weighted by molar-refractivity contribution is 0.346. The first-order valence-electron chi connectivity index (χ1n) is 9.86. The summed E-state index contributed by atoms with van der Waals surface area (Å²) in [4.78, 5) is -0.181. The zero-order valence-electron chi connectivity index (χ0n) is 17.1. The summed E-state index contributed by atoms with van der Waals surface area (Å²) in [5.74, 6) is -0.344. The quantitative estimate of drug-likeness (QED) is 0.572. The Labute approximate surface area is 185 Å². The highest BCUT2D eigenvalue weighted by molar-refractivity contribution is 7.92. The Bertz CT molecular complexity index is 1330. The van der Waals surface area contributed by atoms with Gasteiger partial charge in [0.05, 0.1) is 21.2 Å². The summed E-state index contributed by atoms with van der Waals surface area (Å²) >= 11 is 0. The van der Waals surface area contributed by atoms with Crippen LogP contribution in [0.3, 0.4) is 0 Å². The standard InChI is InChI=1S/C19H21FN6O4S2/c1-14-21-23-24-26(14)15-5-10-18(20)19(13-15)22-31(27,28)16-6-8-17(9-7-16)32(29,30)25-11-3-2-4-12-25/h5-10,13,22H,2-4,11-12H2,1H3. The molecule has 0 atom stereocenters. The van der Waals surface area contributed by atoms with Crippen LogP contribution in [0.5, 0.6) is 0 Å². The molecule has 13 heteroatoms. The highest BCUT2D eigenvalue weighted by Crippen LogP contribution is 2.25. The van der Waals surface area contributed by atoms with Crippen LogP contribution < -0.4 is 4.72 Å². The van der Waals surface area contributed by atoms with Gasteiger partial charge in [-0.2, -0.15) is 8.99 Å². The Hall–Kier alpha value is -2.90. The fraction of sp³-hybridized carbons (Fsp3) is 0.316. The van der Waals surface area contributed by atoms with Gasteiger partial charge in [0.1, 0.15) is 5.82 Å². The summed E-state index contributed by atoms with van der Waals surface area (Å²) in [6.45, 7) is 2.54. The van der Waals surface area contributed by atoms with E-state index in [-0.39, 0.29) is 15.5 Å². The van der Waals surface area contributed by atoms with Crippen molar-refractivity contribution in [2.75, 3.05) is 17.8 Å². The van der Waals surface area contributed by atoms with Gasteiger partial charge in [-0.25, -0.2) is 21.2 Å². The molecule has 1 aliphatic rings. The van der Waals surface area contributed by atoms with E-state index in [2.05, 4.69) is 20.2 Å². The van der Waals surface area contributed by atoms with Gasteiger partial charge < -0.3 is 0 Å². The third-order valence-electron chi connectivity index (χ3n) is 5.15. The minimum atomic E-state index is -4.18. The predicted octanol–water partition coefficient (Wildman–Crippen LogP) is 2.09. The predicted molar refractivity (Wildman–Crippen MR) is 114 cm³/mol. The Morgan fingerprint density at radius 3 is 2.22 bits per heavy atom. The van der Waals surface area contributed by atoms with E-state index in [1.165, 1.54) is 45.4 Å². The second-order valence-electron chi connectivity index (χ2n) is 7.34. The molecular formula is C19H21FN6O4S2. The average Bonchev–Trinajstić information content (AvgIpc) is 3.22. The van der Waals surface area contributed by atoms with Crippen molar-refractivity contribution in [3.8, 4) is 5.69 Å². The van der Waals surface area contributed by atoms with Gasteiger partial charge in [0, 0.05) is 13.1 Å². The zero-order chi connectivity index (χ0) is 22.9. The zero-order valence-corrected chi connectivity index (χ0v) is 18.8. The first-order valence-corrected chi connectivity index (χ1v) is 12.8. The number of benzene rings is 2. The molecule has 2 heterocycles. The van der Waals surface area contributed by atoms with Gasteiger partial charge in [-0.05, 0) is 72.7 Å². The smallest absolute Gasteiger partial charge is 0.261 e. The van der Waals surface area contributed by atoms with E-state index in [9.17, 15) is 21.2 Å². The molecule has 2 aromatic carbocycles. The van der Waals surface area contributed by atoms with Gasteiger partial charge in [-0.1, -0.05) is 6.42 Å². The molecule has 3 aromatic rings. The molecule has 0 radical (unpaired) electrons. The summed E-state index contributed by atoms with van der Waals surface area (Å²) < 4.78 is 70.3. The van der Waals surface area contributed by atoms with E-state index >= 15 is 0 Å². The SMILES string of the molecule is Cc1nnnn1-c1ccc(F)c(NS(=O)(=O)c2ccc(S(=O)(=O)N3CCCCC3)cc2)c1. The molecule has 0 spiro atoms. The molecule has 1 aliphatic heterocycles. The summed E-state index contributed by atoms with van der Waals surface area (Å²) in [5.41, 5.74) is 0.0805. The molecule has 1 N–H and O–H groups in total. The molecule has 10 nitrogen and oxygen atoms in total. The van der Waals surface area contributed by atoms with Crippen LogP contribution in [0.4, 0.5) is 10.1 Å². The van der Waals surface area contributed by atoms with Crippen molar-refractivity contribution in [1.29, 1.82) is 0 Å². The maximum Gasteiger partial charge on any atom is 0.261 e. The average molecular weight is 481 g/mol. The van der Waals surface area contributed by atoms with Crippen molar-refractivity contribution in [2.45, 2.75) is 36.0 Å². The van der Waals surface area contributed by atoms with Crippen LogP contribution in [-0.2, 0) is 20.0 Å². The number of piperidine rings is 1. The number of aryl methyl sites for hydroxylation is 1. The maximum atomic E-state index is 14.3. The first-order chi connectivity index (χ1) is 15.2. The minimum Gasteiger partial charge on any atom is -0.277 e. The van der Waals surface area contributed by atoms with Crippen molar-refractivity contribution < 1.29 is 21.2 Å². The fourth-order valence-electron chi connectivity index (χ4n) is 3.44. The van der Waals surface area contributed by atoms with Crippen molar-refractivity contribution >= 4 is 25.7 Å². The molecule has 1 saturated heterocycles. The Morgan fingerprint density at radius 2 is 1.59 bits per heavy atom. The fourth-order valence-corrected chi connectivity index (χ4v) is 6.02. The molecule has 0 bridgehead atoms. The van der Waals surface area contributed by atoms with E-state index < -0.39 is 25.9 Å². The number of tetrazole rings is 1. The van der Waals surface area contributed by atoms with Gasteiger partial charge in [0.2, 0.25) is 10.0 Å². The number of nitrogens with zero attached hydrogens (tertiary/aromatic N) is 5. The van der Waals surface area contributed by atoms with Crippen LogP contribution in [0.2, 0.25) is 0 Å². The lowest BCUT2D eigenvalue weighted by Crippen LogP contribution is -2.35. The highest BCUT2D eigenvalue weighted by Gasteiger charge is 2.26. The number of anilines is 1. The van der Waals surface area contributed by atoms with Crippen LogP contribution >= 0.6 is 0 Å². The number of rotatable bonds is 6. The van der Waals surface area contributed by atoms with Crippen LogP contribution in [0, 0.1) is 12.7 Å². The molecule has 0 saturated carbocycles. The lowest BCUT2D eigenvalue weighted by Gasteiger charge is -2.25. The third kappa shape index (κ3) is 4.36. The number of nitrogens with one attached hydrogen (secondary N) is 1. The molecule has 0 unspecified atom stereocenters. The van der Waals surface area contributed by atoms with E-state index in [4.69, 9.17) is 0 Å². The Kier molecular flexibility index (Phi) is 5.97. The lowest BCUT2D eigenvalue weighted by atomic mass is 10.2. The van der Waals surface area contributed by atoms with Gasteiger partial charge in [-0.15, -0.1) is 5.10 Å². The summed E-state index contributed by atoms with van der Waals surface area (Å²) in [5, 5.41) is 11.0. The van der Waals surface area contributed by atoms with Crippen molar-refractivity contribution in [2.24, 2.45) is 0 Å². The Balaban J connectivity index is 1.59. The summed E-state index contributed by atoms with van der Waals surface area (Å²) in [6.07, 6.45) is 2.58. The van der Waals surface area contributed by atoms with Crippen LogP contribution in [0.25, 0.3) is 5.69 Å². The van der Waals surface area contributed by atoms with Crippen molar-refractivity contribution in [3.63, 3.8) is 0 Å². The van der Waals surface area contributed by atoms with Gasteiger partial charge in [0.25, 0.3) is 10.0 Å². The summed E-state index contributed by atoms with van der Waals surface area (Å²) in [7, 11) is -7.87. The van der Waals surface area contributed by atoms with Crippen LogP contribution in [0.15, 0.2) is 52.3 Å². The van der Waals surface area contributed by atoms with Crippen LogP contribution in [-0.4, -0.2) is 54.4 Å². The Morgan fingerprint density at radius 1 is 0.938 bits per heavy atom. The molecule has 1 aromatic heterocycles. The molecular weight excluding hydrogens is 459 g/mol. The monoisotopic (exact) mass is 480 g/mol. The maximum absolute atomic E-state index is 14.3. The van der Waals surface area contributed by atoms with Crippen molar-refractivity contribution in [1.82, 2.24) is 24.5 Å². The molecule has 32 heavy (non-hydrogen) atoms. The van der Waals surface area contributed by atoms with Gasteiger partial charge in [0.15, 0.2) is 5.82 Å². The van der Waals surface area contributed by atoms with Crippen LogP contribution in [0.1, 0.15) is 25.1 Å². The number of hydrogen-bond acceptors (Lipinski definition) is 7. The minimum absolute atomic E-state index is 0.0145. The molecule has 1 fully saturated rings. The van der Waals surface area contributed by atoms with E-state index in [1.54, 1.807) is 6.92 Å². The van der Waals surface area contributed by atoms with E-state index in [1.807, 2.05) is 0 Å². The number of halogens is 1. The van der Waals surface area contributed by atoms with Gasteiger partial charge in [-0.3, -0.25) is 4.72 Å². The third-order valence-corrected chi connectivity index (χ3v) is 8.45. The second kappa shape index (κ2) is 8.56. The largest absolute Gasteiger partial charge is 0.277 e. The molecule has 0 amide bonds. The second-order valence-corrected chi connectivity index (χ2v) is 11.0.